The highest BCUT2D eigenvalue weighted by molar-refractivity contribution is 7.12. The second kappa shape index (κ2) is 7.86. The molecule has 0 saturated heterocycles. The lowest BCUT2D eigenvalue weighted by Crippen LogP contribution is -2.34. The van der Waals surface area contributed by atoms with Crippen LogP contribution >= 0.6 is 11.3 Å². The van der Waals surface area contributed by atoms with E-state index < -0.39 is 16.7 Å². The number of nitrogens with zero attached hydrogens (tertiary/aromatic N) is 4. The van der Waals surface area contributed by atoms with Crippen LogP contribution in [0.5, 0.6) is 0 Å². The van der Waals surface area contributed by atoms with E-state index in [9.17, 15) is 18.0 Å². The summed E-state index contributed by atoms with van der Waals surface area (Å²) in [5, 5.41) is 0. The van der Waals surface area contributed by atoms with Gasteiger partial charge in [0.25, 0.3) is 0 Å². The molecule has 0 spiro atoms. The van der Waals surface area contributed by atoms with Crippen LogP contribution in [0.3, 0.4) is 0 Å². The molecule has 0 fully saturated rings. The third-order valence-corrected chi connectivity index (χ3v) is 6.40. The number of hydrogen-bond acceptors (Lipinski definition) is 5. The van der Waals surface area contributed by atoms with Gasteiger partial charge in [-0.15, -0.1) is 11.3 Å². The lowest BCUT2D eigenvalue weighted by Gasteiger charge is -2.21. The molecule has 1 aliphatic heterocycles. The summed E-state index contributed by atoms with van der Waals surface area (Å²) in [7, 11) is 0. The summed E-state index contributed by atoms with van der Waals surface area (Å²) in [6, 6.07) is 8.87. The summed E-state index contributed by atoms with van der Waals surface area (Å²) in [4.78, 5) is 23.0. The van der Waals surface area contributed by atoms with E-state index in [1.807, 2.05) is 4.90 Å². The number of benzene rings is 1. The maximum absolute atomic E-state index is 12.8. The van der Waals surface area contributed by atoms with Crippen LogP contribution < -0.4 is 10.6 Å². The maximum atomic E-state index is 12.8. The fourth-order valence-corrected chi connectivity index (χ4v) is 4.53. The zero-order valence-corrected chi connectivity index (χ0v) is 17.5. The van der Waals surface area contributed by atoms with Crippen LogP contribution in [-0.2, 0) is 25.6 Å². The van der Waals surface area contributed by atoms with Crippen molar-refractivity contribution in [3.8, 4) is 0 Å². The normalized spacial score (nSPS) is 14.5. The van der Waals surface area contributed by atoms with Gasteiger partial charge in [0.15, 0.2) is 0 Å². The number of aryl methyl sites for hydroxylation is 2. The fraction of sp³-hybridized carbons (Fsp3) is 0.381. The molecule has 3 aromatic rings. The van der Waals surface area contributed by atoms with Gasteiger partial charge in [0.2, 0.25) is 5.95 Å². The smallest absolute Gasteiger partial charge is 0.340 e. The Hall–Kier alpha value is -2.68. The topological polar surface area (TPSA) is 51.0 Å². The van der Waals surface area contributed by atoms with Crippen LogP contribution in [0, 0.1) is 13.8 Å². The van der Waals surface area contributed by atoms with Crippen molar-refractivity contribution in [1.82, 2.24) is 14.5 Å². The molecule has 5 nitrogen and oxygen atoms in total. The molecule has 0 N–H and O–H groups in total. The van der Waals surface area contributed by atoms with E-state index in [1.165, 1.54) is 27.3 Å². The van der Waals surface area contributed by atoms with Gasteiger partial charge in [-0.05, 0) is 49.9 Å². The van der Waals surface area contributed by atoms with Crippen LogP contribution in [-0.4, -0.2) is 27.6 Å². The summed E-state index contributed by atoms with van der Waals surface area (Å²) in [6.07, 6.45) is -2.69. The zero-order chi connectivity index (χ0) is 21.5. The van der Waals surface area contributed by atoms with E-state index >= 15 is 0 Å². The van der Waals surface area contributed by atoms with Crippen LogP contribution in [0.1, 0.15) is 32.3 Å². The van der Waals surface area contributed by atoms with Gasteiger partial charge in [0.05, 0.1) is 6.54 Å². The Morgan fingerprint density at radius 2 is 1.77 bits per heavy atom. The van der Waals surface area contributed by atoms with Gasteiger partial charge < -0.3 is 4.90 Å². The molecule has 3 heterocycles. The number of halogens is 3. The second-order valence-electron chi connectivity index (χ2n) is 7.46. The van der Waals surface area contributed by atoms with E-state index in [1.54, 1.807) is 6.92 Å². The van der Waals surface area contributed by atoms with Gasteiger partial charge in [0, 0.05) is 18.0 Å². The number of alkyl halides is 3. The minimum Gasteiger partial charge on any atom is -0.340 e. The molecule has 2 aromatic heterocycles. The summed E-state index contributed by atoms with van der Waals surface area (Å²) < 4.78 is 39.8. The molecular weight excluding hydrogens is 413 g/mol. The van der Waals surface area contributed by atoms with E-state index in [0.717, 1.165) is 18.9 Å². The van der Waals surface area contributed by atoms with Crippen molar-refractivity contribution < 1.29 is 13.2 Å². The predicted octanol–water partition coefficient (Wildman–Crippen LogP) is 3.99. The molecule has 0 atom stereocenters. The Morgan fingerprint density at radius 1 is 1.03 bits per heavy atom. The van der Waals surface area contributed by atoms with Gasteiger partial charge in [-0.1, -0.05) is 23.8 Å². The van der Waals surface area contributed by atoms with Crippen molar-refractivity contribution in [2.24, 2.45) is 0 Å². The average molecular weight is 434 g/mol. The van der Waals surface area contributed by atoms with Crippen molar-refractivity contribution in [1.29, 1.82) is 0 Å². The molecule has 0 saturated carbocycles. The summed E-state index contributed by atoms with van der Waals surface area (Å²) >= 11 is 0.630. The SMILES string of the molecule is Cc1ccc2c(c1)CCN(c1nc(C)n(Cc3ccc(C(F)(F)F)s3)c(=O)n1)CC2. The van der Waals surface area contributed by atoms with Gasteiger partial charge in [0.1, 0.15) is 10.7 Å². The average Bonchev–Trinajstić information content (AvgIpc) is 3.05. The van der Waals surface area contributed by atoms with Crippen LogP contribution in [0.15, 0.2) is 35.1 Å². The number of anilines is 1. The van der Waals surface area contributed by atoms with Crippen molar-refractivity contribution in [2.75, 3.05) is 18.0 Å². The summed E-state index contributed by atoms with van der Waals surface area (Å²) in [5.74, 6) is 0.810. The molecule has 158 valence electrons. The van der Waals surface area contributed by atoms with Crippen molar-refractivity contribution in [2.45, 2.75) is 39.4 Å². The molecule has 30 heavy (non-hydrogen) atoms. The second-order valence-corrected chi connectivity index (χ2v) is 8.63. The maximum Gasteiger partial charge on any atom is 0.425 e. The lowest BCUT2D eigenvalue weighted by atomic mass is 10.0. The zero-order valence-electron chi connectivity index (χ0n) is 16.7. The van der Waals surface area contributed by atoms with Crippen LogP contribution in [0.2, 0.25) is 0 Å². The standard InChI is InChI=1S/C21H21F3N4OS/c1-13-3-4-15-7-9-27(10-8-16(15)11-13)19-25-14(2)28(20(29)26-19)12-17-5-6-18(30-17)21(22,23)24/h3-6,11H,7-10,12H2,1-2H3. The Labute approximate surface area is 175 Å². The quantitative estimate of drug-likeness (QED) is 0.626. The minimum atomic E-state index is -4.38. The number of rotatable bonds is 3. The third kappa shape index (κ3) is 4.26. The molecule has 0 radical (unpaired) electrons. The number of fused-ring (bicyclic) bond motifs is 1. The van der Waals surface area contributed by atoms with E-state index in [-0.39, 0.29) is 6.54 Å². The largest absolute Gasteiger partial charge is 0.425 e. The Kier molecular flexibility index (Phi) is 5.40. The van der Waals surface area contributed by atoms with Gasteiger partial charge in [-0.2, -0.15) is 23.1 Å². The molecule has 0 bridgehead atoms. The molecule has 0 unspecified atom stereocenters. The van der Waals surface area contributed by atoms with Crippen molar-refractivity contribution in [3.05, 3.63) is 73.1 Å². The fourth-order valence-electron chi connectivity index (χ4n) is 3.66. The first-order valence-electron chi connectivity index (χ1n) is 9.65. The first-order valence-corrected chi connectivity index (χ1v) is 10.5. The third-order valence-electron chi connectivity index (χ3n) is 5.28. The minimum absolute atomic E-state index is 0.0242. The molecule has 0 aliphatic carbocycles. The molecule has 0 amide bonds. The predicted molar refractivity (Wildman–Crippen MR) is 110 cm³/mol. The highest BCUT2D eigenvalue weighted by Crippen LogP contribution is 2.34. The molecular formula is C21H21F3N4OS. The monoisotopic (exact) mass is 434 g/mol. The van der Waals surface area contributed by atoms with E-state index in [2.05, 4.69) is 35.1 Å². The highest BCUT2D eigenvalue weighted by atomic mass is 32.1. The summed E-state index contributed by atoms with van der Waals surface area (Å²) in [5.41, 5.74) is 3.32. The summed E-state index contributed by atoms with van der Waals surface area (Å²) in [6.45, 7) is 5.19. The molecule has 4 rings (SSSR count). The van der Waals surface area contributed by atoms with Crippen molar-refractivity contribution in [3.63, 3.8) is 0 Å². The van der Waals surface area contributed by atoms with E-state index in [4.69, 9.17) is 0 Å². The number of hydrogen-bond donors (Lipinski definition) is 0. The first kappa shape index (κ1) is 20.6. The van der Waals surface area contributed by atoms with Crippen LogP contribution in [0.25, 0.3) is 0 Å². The molecule has 1 aliphatic rings. The van der Waals surface area contributed by atoms with Gasteiger partial charge >= 0.3 is 11.9 Å². The van der Waals surface area contributed by atoms with Crippen molar-refractivity contribution >= 4 is 17.3 Å². The Morgan fingerprint density at radius 3 is 2.43 bits per heavy atom. The Balaban J connectivity index is 1.54. The van der Waals surface area contributed by atoms with Gasteiger partial charge in [-0.3, -0.25) is 4.57 Å². The highest BCUT2D eigenvalue weighted by Gasteiger charge is 2.32. The first-order chi connectivity index (χ1) is 14.2. The molecule has 9 heteroatoms. The molecule has 1 aromatic carbocycles. The number of thiophene rings is 1. The van der Waals surface area contributed by atoms with E-state index in [0.29, 0.717) is 41.1 Å². The van der Waals surface area contributed by atoms with Crippen LogP contribution in [0.4, 0.5) is 19.1 Å². The Bertz CT molecular complexity index is 1140. The van der Waals surface area contributed by atoms with Gasteiger partial charge in [-0.25, -0.2) is 4.79 Å². The lowest BCUT2D eigenvalue weighted by molar-refractivity contribution is -0.134. The number of aromatic nitrogens is 3.